The van der Waals surface area contributed by atoms with Crippen molar-refractivity contribution >= 4 is 34.3 Å². The van der Waals surface area contributed by atoms with E-state index in [1.807, 2.05) is 12.1 Å². The van der Waals surface area contributed by atoms with Crippen molar-refractivity contribution in [3.8, 4) is 0 Å². The Balaban J connectivity index is 2.88. The number of thiazole rings is 1. The fourth-order valence-corrected chi connectivity index (χ4v) is 1.76. The molecule has 0 atom stereocenters. The summed E-state index contributed by atoms with van der Waals surface area (Å²) in [5.74, 6) is 0. The van der Waals surface area contributed by atoms with Gasteiger partial charge in [-0.15, -0.1) is 0 Å². The molecule has 0 aliphatic heterocycles. The van der Waals surface area contributed by atoms with E-state index >= 15 is 0 Å². The fraction of sp³-hybridized carbons (Fsp3) is 0. The van der Waals surface area contributed by atoms with Crippen LogP contribution in [0.2, 0.25) is 0 Å². The number of rotatable bonds is 0. The molecule has 0 fully saturated rings. The predicted octanol–water partition coefficient (Wildman–Crippen LogP) is 1.60. The van der Waals surface area contributed by atoms with Gasteiger partial charge in [-0.3, -0.25) is 0 Å². The number of nitrogens with zero attached hydrogens (tertiary/aromatic N) is 2. The average molecular weight is 167 g/mol. The van der Waals surface area contributed by atoms with Gasteiger partial charge in [0.25, 0.3) is 0 Å². The lowest BCUT2D eigenvalue weighted by atomic mass is 10.5. The Morgan fingerprint density at radius 2 is 2.40 bits per heavy atom. The molecular weight excluding hydrogens is 164 g/mol. The summed E-state index contributed by atoms with van der Waals surface area (Å²) in [5, 5.41) is 0. The first-order valence-electron chi connectivity index (χ1n) is 2.75. The lowest BCUT2D eigenvalue weighted by molar-refractivity contribution is 1.24. The summed E-state index contributed by atoms with van der Waals surface area (Å²) in [6.07, 6.45) is 1.72. The topological polar surface area (TPSA) is 25.8 Å². The minimum atomic E-state index is 0.661. The van der Waals surface area contributed by atoms with Crippen LogP contribution in [0, 0.1) is 0 Å². The maximum atomic E-state index is 4.88. The van der Waals surface area contributed by atoms with Crippen LogP contribution in [-0.2, 0) is 12.6 Å². The van der Waals surface area contributed by atoms with Gasteiger partial charge < -0.3 is 24.0 Å². The van der Waals surface area contributed by atoms with Gasteiger partial charge in [0, 0.05) is 6.20 Å². The van der Waals surface area contributed by atoms with Crippen molar-refractivity contribution in [2.24, 2.45) is 0 Å². The molecule has 0 saturated carbocycles. The van der Waals surface area contributed by atoms with E-state index in [2.05, 4.69) is 9.97 Å². The van der Waals surface area contributed by atoms with Crippen LogP contribution >= 0.6 is 11.3 Å². The Bertz CT molecular complexity index is 322. The van der Waals surface area contributed by atoms with Gasteiger partial charge in [0.05, 0.1) is 0 Å². The summed E-state index contributed by atoms with van der Waals surface area (Å²) >= 11 is 6.37. The Kier molecular flexibility index (Phi) is 1.28. The summed E-state index contributed by atoms with van der Waals surface area (Å²) in [5.41, 5.74) is 0.762. The lowest BCUT2D eigenvalue weighted by Crippen LogP contribution is -1.72. The Morgan fingerprint density at radius 3 is 3.20 bits per heavy atom. The molecule has 0 N–H and O–H groups in total. The second kappa shape index (κ2) is 2.14. The van der Waals surface area contributed by atoms with E-state index in [4.69, 9.17) is 12.6 Å². The molecule has 0 saturated heterocycles. The van der Waals surface area contributed by atoms with Crippen LogP contribution in [-0.4, -0.2) is 9.97 Å². The molecule has 2 aromatic rings. The van der Waals surface area contributed by atoms with Gasteiger partial charge in [0.15, 0.2) is 0 Å². The zero-order chi connectivity index (χ0) is 6.97. The van der Waals surface area contributed by atoms with Crippen LogP contribution in [0.15, 0.2) is 22.7 Å². The van der Waals surface area contributed by atoms with Gasteiger partial charge in [-0.1, -0.05) is 6.07 Å². The van der Waals surface area contributed by atoms with Crippen LogP contribution in [0.25, 0.3) is 10.3 Å². The maximum Gasteiger partial charge on any atom is 0.148 e. The number of fused-ring (bicyclic) bond motifs is 1. The highest BCUT2D eigenvalue weighted by Gasteiger charge is 1.89. The highest BCUT2D eigenvalue weighted by atomic mass is 32.2. The maximum absolute atomic E-state index is 4.88. The van der Waals surface area contributed by atoms with Crippen molar-refractivity contribution in [3.05, 3.63) is 18.3 Å². The van der Waals surface area contributed by atoms with E-state index in [1.54, 1.807) is 6.20 Å². The summed E-state index contributed by atoms with van der Waals surface area (Å²) in [6, 6.07) is 3.85. The van der Waals surface area contributed by atoms with Gasteiger partial charge in [-0.2, -0.15) is 0 Å². The predicted molar refractivity (Wildman–Crippen MR) is 43.0 cm³/mol. The van der Waals surface area contributed by atoms with E-state index in [0.29, 0.717) is 4.34 Å². The minimum absolute atomic E-state index is 0.661. The quantitative estimate of drug-likeness (QED) is 0.557. The lowest BCUT2D eigenvalue weighted by Gasteiger charge is -1.85. The zero-order valence-electron chi connectivity index (χ0n) is 4.94. The van der Waals surface area contributed by atoms with Crippen LogP contribution in [0.4, 0.5) is 0 Å². The van der Waals surface area contributed by atoms with Crippen molar-refractivity contribution in [3.63, 3.8) is 0 Å². The fourth-order valence-electron chi connectivity index (χ4n) is 0.749. The first kappa shape index (κ1) is 6.00. The normalized spacial score (nSPS) is 10.4. The van der Waals surface area contributed by atoms with Gasteiger partial charge in [-0.05, 0) is 15.1 Å². The highest BCUT2D eigenvalue weighted by molar-refractivity contribution is 7.63. The summed E-state index contributed by atoms with van der Waals surface area (Å²) in [6.45, 7) is 0. The van der Waals surface area contributed by atoms with Crippen molar-refractivity contribution in [1.29, 1.82) is 0 Å². The number of hydrogen-bond donors (Lipinski definition) is 0. The molecule has 0 aliphatic carbocycles. The van der Waals surface area contributed by atoms with Crippen molar-refractivity contribution in [2.75, 3.05) is 0 Å². The highest BCUT2D eigenvalue weighted by Crippen LogP contribution is 2.18. The summed E-state index contributed by atoms with van der Waals surface area (Å²) in [7, 11) is 0. The standard InChI is InChI=1S/C6H4N2S2/c9-6-8-5-4(10-6)2-1-3-7-5/h1-3H,(H,7,8,9)/p-1. The zero-order valence-corrected chi connectivity index (χ0v) is 6.58. The van der Waals surface area contributed by atoms with E-state index in [0.717, 1.165) is 10.3 Å². The molecule has 2 aromatic heterocycles. The molecule has 2 rings (SSSR count). The summed E-state index contributed by atoms with van der Waals surface area (Å²) < 4.78 is 1.72. The van der Waals surface area contributed by atoms with Crippen LogP contribution in [0.3, 0.4) is 0 Å². The monoisotopic (exact) mass is 167 g/mol. The molecule has 0 radical (unpaired) electrons. The van der Waals surface area contributed by atoms with Gasteiger partial charge in [0.1, 0.15) is 5.65 Å². The van der Waals surface area contributed by atoms with Crippen LogP contribution in [0.5, 0.6) is 0 Å². The van der Waals surface area contributed by atoms with Crippen LogP contribution < -0.4 is 0 Å². The molecule has 0 aliphatic rings. The molecular formula is C6H3N2S2-. The van der Waals surface area contributed by atoms with E-state index in [-0.39, 0.29) is 0 Å². The van der Waals surface area contributed by atoms with Gasteiger partial charge >= 0.3 is 0 Å². The first-order chi connectivity index (χ1) is 4.86. The molecule has 50 valence electrons. The SMILES string of the molecule is [S-]c1nc2ncccc2s1. The average Bonchev–Trinajstić information content (AvgIpc) is 2.27. The molecule has 0 spiro atoms. The Morgan fingerprint density at radius 1 is 1.50 bits per heavy atom. The molecule has 0 bridgehead atoms. The number of hydrogen-bond acceptors (Lipinski definition) is 4. The van der Waals surface area contributed by atoms with Crippen molar-refractivity contribution in [2.45, 2.75) is 4.34 Å². The first-order valence-corrected chi connectivity index (χ1v) is 3.97. The third kappa shape index (κ3) is 0.853. The second-order valence-electron chi connectivity index (χ2n) is 1.80. The molecule has 10 heavy (non-hydrogen) atoms. The number of pyridine rings is 1. The summed E-state index contributed by atoms with van der Waals surface area (Å²) in [4.78, 5) is 8.07. The van der Waals surface area contributed by atoms with Gasteiger partial charge in [0.2, 0.25) is 0 Å². The third-order valence-corrected chi connectivity index (χ3v) is 2.29. The number of aromatic nitrogens is 2. The molecule has 4 heteroatoms. The minimum Gasteiger partial charge on any atom is -0.408 e. The van der Waals surface area contributed by atoms with Crippen LogP contribution in [0.1, 0.15) is 0 Å². The molecule has 0 unspecified atom stereocenters. The molecule has 2 heterocycles. The van der Waals surface area contributed by atoms with E-state index in [9.17, 15) is 0 Å². The Labute approximate surface area is 67.3 Å². The van der Waals surface area contributed by atoms with E-state index in [1.165, 1.54) is 11.3 Å². The second-order valence-corrected chi connectivity index (χ2v) is 3.48. The molecule has 0 aromatic carbocycles. The van der Waals surface area contributed by atoms with E-state index < -0.39 is 0 Å². The third-order valence-electron chi connectivity index (χ3n) is 1.15. The largest absolute Gasteiger partial charge is 0.408 e. The smallest absolute Gasteiger partial charge is 0.148 e. The molecule has 0 amide bonds. The Hall–Kier alpha value is -0.740. The van der Waals surface area contributed by atoms with Gasteiger partial charge in [-0.25, -0.2) is 9.97 Å². The van der Waals surface area contributed by atoms with Crippen molar-refractivity contribution in [1.82, 2.24) is 9.97 Å². The van der Waals surface area contributed by atoms with Crippen molar-refractivity contribution < 1.29 is 0 Å². The molecule has 2 nitrogen and oxygen atoms in total.